The fraction of sp³-hybridized carbons (Fsp3) is 0.182. The fourth-order valence-electron chi connectivity index (χ4n) is 3.62. The Morgan fingerprint density at radius 2 is 1.76 bits per heavy atom. The van der Waals surface area contributed by atoms with Crippen molar-refractivity contribution >= 4 is 44.9 Å². The van der Waals surface area contributed by atoms with E-state index in [2.05, 4.69) is 10.3 Å². The van der Waals surface area contributed by atoms with Crippen molar-refractivity contribution in [1.82, 2.24) is 10.3 Å². The molecule has 1 aliphatic rings. The Balaban J connectivity index is 1.94. The largest absolute Gasteiger partial charge is 0.338 e. The Bertz CT molecular complexity index is 1320. The van der Waals surface area contributed by atoms with Crippen molar-refractivity contribution in [3.8, 4) is 0 Å². The van der Waals surface area contributed by atoms with Crippen LogP contribution in [0.25, 0.3) is 0 Å². The molecular formula is C22H17Cl2F2N3O3S. The third kappa shape index (κ3) is 4.66. The van der Waals surface area contributed by atoms with E-state index in [9.17, 15) is 22.0 Å². The lowest BCUT2D eigenvalue weighted by Gasteiger charge is -2.28. The lowest BCUT2D eigenvalue weighted by Crippen LogP contribution is -2.46. The topological polar surface area (TPSA) is 79.4 Å². The molecule has 1 saturated heterocycles. The third-order valence-electron chi connectivity index (χ3n) is 5.20. The molecule has 33 heavy (non-hydrogen) atoms. The highest BCUT2D eigenvalue weighted by Crippen LogP contribution is 2.41. The van der Waals surface area contributed by atoms with Crippen LogP contribution in [0.5, 0.6) is 0 Å². The van der Waals surface area contributed by atoms with Crippen LogP contribution in [0, 0.1) is 11.6 Å². The molecule has 1 unspecified atom stereocenters. The van der Waals surface area contributed by atoms with Crippen molar-refractivity contribution in [1.29, 1.82) is 0 Å². The maximum absolute atomic E-state index is 14.9. The summed E-state index contributed by atoms with van der Waals surface area (Å²) >= 11 is 12.2. The quantitative estimate of drug-likeness (QED) is 0.513. The van der Waals surface area contributed by atoms with E-state index in [0.717, 1.165) is 18.2 Å². The number of hydrogen-bond acceptors (Lipinski definition) is 4. The van der Waals surface area contributed by atoms with Crippen LogP contribution in [0.2, 0.25) is 10.0 Å². The molecule has 172 valence electrons. The Morgan fingerprint density at radius 3 is 2.45 bits per heavy atom. The van der Waals surface area contributed by atoms with Gasteiger partial charge in [-0.05, 0) is 60.5 Å². The summed E-state index contributed by atoms with van der Waals surface area (Å²) < 4.78 is 56.4. The van der Waals surface area contributed by atoms with E-state index in [1.54, 1.807) is 0 Å². The van der Waals surface area contributed by atoms with Gasteiger partial charge in [0, 0.05) is 29.9 Å². The van der Waals surface area contributed by atoms with Crippen molar-refractivity contribution in [3.05, 3.63) is 87.5 Å². The van der Waals surface area contributed by atoms with Gasteiger partial charge >= 0.3 is 6.03 Å². The monoisotopic (exact) mass is 511 g/mol. The number of urea groups is 1. The highest BCUT2D eigenvalue weighted by atomic mass is 35.5. The molecule has 6 nitrogen and oxygen atoms in total. The normalized spacial score (nSPS) is 15.3. The van der Waals surface area contributed by atoms with Crippen molar-refractivity contribution in [2.45, 2.75) is 16.6 Å². The zero-order valence-corrected chi connectivity index (χ0v) is 19.3. The molecule has 0 spiro atoms. The van der Waals surface area contributed by atoms with Crippen molar-refractivity contribution in [2.24, 2.45) is 0 Å². The number of aromatic nitrogens is 1. The Hall–Kier alpha value is -2.75. The molecule has 1 fully saturated rings. The van der Waals surface area contributed by atoms with Crippen LogP contribution in [-0.2, 0) is 9.84 Å². The zero-order chi connectivity index (χ0) is 23.8. The van der Waals surface area contributed by atoms with Gasteiger partial charge in [0.1, 0.15) is 22.7 Å². The highest BCUT2D eigenvalue weighted by Gasteiger charge is 2.36. The molecule has 4 rings (SSSR count). The van der Waals surface area contributed by atoms with Gasteiger partial charge in [0.15, 0.2) is 9.84 Å². The van der Waals surface area contributed by atoms with E-state index < -0.39 is 38.3 Å². The van der Waals surface area contributed by atoms with Gasteiger partial charge < -0.3 is 5.32 Å². The molecule has 1 atom stereocenters. The fourth-order valence-corrected chi connectivity index (χ4v) is 5.85. The van der Waals surface area contributed by atoms with E-state index in [0.29, 0.717) is 24.5 Å². The number of sulfone groups is 1. The summed E-state index contributed by atoms with van der Waals surface area (Å²) in [7, 11) is -4.34. The first-order valence-electron chi connectivity index (χ1n) is 9.83. The molecule has 0 aliphatic carbocycles. The third-order valence-corrected chi connectivity index (χ3v) is 7.83. The molecule has 11 heteroatoms. The van der Waals surface area contributed by atoms with E-state index in [-0.39, 0.29) is 21.3 Å². The maximum Gasteiger partial charge on any atom is 0.323 e. The summed E-state index contributed by atoms with van der Waals surface area (Å²) in [5, 5.41) is 1.19. The minimum Gasteiger partial charge on any atom is -0.338 e. The summed E-state index contributed by atoms with van der Waals surface area (Å²) in [5.74, 6) is -1.60. The molecule has 0 bridgehead atoms. The molecule has 0 saturated carbocycles. The second-order valence-corrected chi connectivity index (χ2v) is 10.2. The first-order valence-corrected chi connectivity index (χ1v) is 12.1. The predicted molar refractivity (Wildman–Crippen MR) is 121 cm³/mol. The molecule has 2 amide bonds. The Morgan fingerprint density at radius 1 is 1.03 bits per heavy atom. The van der Waals surface area contributed by atoms with E-state index in [4.69, 9.17) is 23.2 Å². The number of carbonyl (C=O) groups excluding carboxylic acids is 1. The van der Waals surface area contributed by atoms with Gasteiger partial charge in [0.2, 0.25) is 0 Å². The van der Waals surface area contributed by atoms with Crippen molar-refractivity contribution in [3.63, 3.8) is 0 Å². The number of amides is 2. The number of hydrogen-bond donors (Lipinski definition) is 1. The van der Waals surface area contributed by atoms with E-state index in [1.165, 1.54) is 41.4 Å². The SMILES string of the molecule is O=C1NCCCN1c1cc(C(c2cc(F)ccc2F)S(=O)(=O)c2ccc(Cl)cc2)c(Cl)cn1. The van der Waals surface area contributed by atoms with Crippen LogP contribution in [-0.4, -0.2) is 32.5 Å². The first-order chi connectivity index (χ1) is 15.7. The van der Waals surface area contributed by atoms with Crippen LogP contribution in [0.1, 0.15) is 22.8 Å². The molecule has 2 aromatic carbocycles. The number of anilines is 1. The first kappa shape index (κ1) is 23.4. The van der Waals surface area contributed by atoms with Crippen molar-refractivity contribution < 1.29 is 22.0 Å². The average Bonchev–Trinajstić information content (AvgIpc) is 2.78. The summed E-state index contributed by atoms with van der Waals surface area (Å²) in [5.41, 5.74) is -0.466. The molecule has 1 aliphatic heterocycles. The lowest BCUT2D eigenvalue weighted by atomic mass is 10.0. The predicted octanol–water partition coefficient (Wildman–Crippen LogP) is 5.15. The second kappa shape index (κ2) is 9.24. The van der Waals surface area contributed by atoms with E-state index >= 15 is 0 Å². The van der Waals surface area contributed by atoms with Gasteiger partial charge in [0.25, 0.3) is 0 Å². The van der Waals surface area contributed by atoms with Gasteiger partial charge in [-0.1, -0.05) is 23.2 Å². The van der Waals surface area contributed by atoms with Gasteiger partial charge in [-0.2, -0.15) is 0 Å². The number of rotatable bonds is 5. The maximum atomic E-state index is 14.9. The van der Waals surface area contributed by atoms with Gasteiger partial charge in [-0.3, -0.25) is 4.90 Å². The molecule has 1 N–H and O–H groups in total. The van der Waals surface area contributed by atoms with Gasteiger partial charge in [0.05, 0.1) is 9.92 Å². The molecule has 0 radical (unpaired) electrons. The number of halogens is 4. The van der Waals surface area contributed by atoms with Crippen LogP contribution < -0.4 is 10.2 Å². The smallest absolute Gasteiger partial charge is 0.323 e. The highest BCUT2D eigenvalue weighted by molar-refractivity contribution is 7.92. The number of nitrogens with one attached hydrogen (secondary N) is 1. The van der Waals surface area contributed by atoms with Crippen molar-refractivity contribution in [2.75, 3.05) is 18.0 Å². The number of nitrogens with zero attached hydrogens (tertiary/aromatic N) is 2. The molecule has 2 heterocycles. The second-order valence-electron chi connectivity index (χ2n) is 7.35. The molecule has 1 aromatic heterocycles. The Kier molecular flexibility index (Phi) is 6.56. The molecule has 3 aromatic rings. The summed E-state index contributed by atoms with van der Waals surface area (Å²) in [6, 6.07) is 8.78. The Labute approximate surface area is 199 Å². The van der Waals surface area contributed by atoms with E-state index in [1.807, 2.05) is 0 Å². The minimum atomic E-state index is -4.34. The number of benzene rings is 2. The average molecular weight is 512 g/mol. The minimum absolute atomic E-state index is 0.0421. The lowest BCUT2D eigenvalue weighted by molar-refractivity contribution is 0.242. The van der Waals surface area contributed by atoms with Gasteiger partial charge in [-0.15, -0.1) is 0 Å². The van der Waals surface area contributed by atoms with Crippen LogP contribution in [0.15, 0.2) is 59.6 Å². The standard InChI is InChI=1S/C22H17Cl2F2N3O3S/c23-13-2-5-15(6-3-13)33(31,32)21(17-10-14(25)4-7-19(17)26)16-11-20(28-12-18(16)24)29-9-1-8-27-22(29)30/h2-7,10-12,21H,1,8-9H2,(H,27,30). The molecular weight excluding hydrogens is 495 g/mol. The van der Waals surface area contributed by atoms with Crippen LogP contribution in [0.4, 0.5) is 19.4 Å². The summed E-state index contributed by atoms with van der Waals surface area (Å²) in [6.07, 6.45) is 1.84. The van der Waals surface area contributed by atoms with Crippen LogP contribution in [0.3, 0.4) is 0 Å². The summed E-state index contributed by atoms with van der Waals surface area (Å²) in [4.78, 5) is 17.6. The number of pyridine rings is 1. The summed E-state index contributed by atoms with van der Waals surface area (Å²) in [6.45, 7) is 0.848. The number of carbonyl (C=O) groups is 1. The van der Waals surface area contributed by atoms with Crippen LogP contribution >= 0.6 is 23.2 Å². The zero-order valence-electron chi connectivity index (χ0n) is 16.9. The van der Waals surface area contributed by atoms with Gasteiger partial charge in [-0.25, -0.2) is 27.0 Å².